The van der Waals surface area contributed by atoms with Gasteiger partial charge in [-0.3, -0.25) is 4.79 Å². The van der Waals surface area contributed by atoms with E-state index >= 15 is 0 Å². The molecule has 3 atom stereocenters. The van der Waals surface area contributed by atoms with Gasteiger partial charge in [-0.25, -0.2) is 17.9 Å². The van der Waals surface area contributed by atoms with Crippen molar-refractivity contribution in [2.75, 3.05) is 6.61 Å². The number of sulfonamides is 1. The lowest BCUT2D eigenvalue weighted by Crippen LogP contribution is -2.42. The molecular formula is C20H30N2O5S. The average molecular weight is 411 g/mol. The van der Waals surface area contributed by atoms with Crippen LogP contribution >= 0.6 is 0 Å². The van der Waals surface area contributed by atoms with Crippen LogP contribution in [-0.4, -0.2) is 39.0 Å². The van der Waals surface area contributed by atoms with Crippen LogP contribution in [0.1, 0.15) is 63.2 Å². The Morgan fingerprint density at radius 1 is 1.18 bits per heavy atom. The van der Waals surface area contributed by atoms with E-state index < -0.39 is 16.0 Å². The molecule has 0 aromatic heterocycles. The molecule has 0 heterocycles. The largest absolute Gasteiger partial charge is 0.452 e. The molecule has 156 valence electrons. The zero-order chi connectivity index (χ0) is 20.7. The summed E-state index contributed by atoms with van der Waals surface area (Å²) in [7, 11) is -3.63. The molecule has 8 heteroatoms. The van der Waals surface area contributed by atoms with Gasteiger partial charge in [0.25, 0.3) is 5.91 Å². The number of esters is 1. The second kappa shape index (κ2) is 10.0. The first-order valence-electron chi connectivity index (χ1n) is 9.81. The SMILES string of the molecule is CCC(C)NS(=O)(=O)c1ccc(C(=O)OCC(=O)NC2CCCCC2C)cc1. The normalized spacial score (nSPS) is 21.0. The number of rotatable bonds is 8. The molecule has 0 bridgehead atoms. The molecule has 1 aromatic rings. The van der Waals surface area contributed by atoms with Gasteiger partial charge >= 0.3 is 5.97 Å². The maximum atomic E-state index is 12.2. The van der Waals surface area contributed by atoms with Crippen LogP contribution in [0.3, 0.4) is 0 Å². The fourth-order valence-corrected chi connectivity index (χ4v) is 4.51. The van der Waals surface area contributed by atoms with Gasteiger partial charge in [0.2, 0.25) is 10.0 Å². The molecule has 0 radical (unpaired) electrons. The van der Waals surface area contributed by atoms with Crippen LogP contribution in [0.15, 0.2) is 29.2 Å². The van der Waals surface area contributed by atoms with E-state index in [1.54, 1.807) is 6.92 Å². The quantitative estimate of drug-likeness (QED) is 0.642. The predicted octanol–water partition coefficient (Wildman–Crippen LogP) is 2.62. The zero-order valence-electron chi connectivity index (χ0n) is 16.7. The molecule has 28 heavy (non-hydrogen) atoms. The molecule has 0 spiro atoms. The van der Waals surface area contributed by atoms with Crippen LogP contribution in [0.2, 0.25) is 0 Å². The summed E-state index contributed by atoms with van der Waals surface area (Å²) >= 11 is 0. The molecule has 1 aliphatic carbocycles. The molecule has 2 N–H and O–H groups in total. The van der Waals surface area contributed by atoms with Gasteiger partial charge < -0.3 is 10.1 Å². The van der Waals surface area contributed by atoms with Gasteiger partial charge in [-0.2, -0.15) is 0 Å². The molecule has 7 nitrogen and oxygen atoms in total. The molecule has 1 amide bonds. The Labute approximate surface area is 167 Å². The zero-order valence-corrected chi connectivity index (χ0v) is 17.6. The molecule has 1 aromatic carbocycles. The van der Waals surface area contributed by atoms with Crippen LogP contribution in [0.5, 0.6) is 0 Å². The maximum absolute atomic E-state index is 12.2. The van der Waals surface area contributed by atoms with Crippen LogP contribution in [0.4, 0.5) is 0 Å². The van der Waals surface area contributed by atoms with Crippen molar-refractivity contribution in [3.8, 4) is 0 Å². The highest BCUT2D eigenvalue weighted by Crippen LogP contribution is 2.23. The number of hydrogen-bond acceptors (Lipinski definition) is 5. The van der Waals surface area contributed by atoms with Crippen molar-refractivity contribution in [1.82, 2.24) is 10.0 Å². The fraction of sp³-hybridized carbons (Fsp3) is 0.600. The Bertz CT molecular complexity index is 776. The Kier molecular flexibility index (Phi) is 8.00. The van der Waals surface area contributed by atoms with Crippen LogP contribution in [-0.2, 0) is 19.6 Å². The first-order valence-corrected chi connectivity index (χ1v) is 11.3. The second-order valence-electron chi connectivity index (χ2n) is 7.47. The van der Waals surface area contributed by atoms with Crippen molar-refractivity contribution in [3.63, 3.8) is 0 Å². The van der Waals surface area contributed by atoms with Gasteiger partial charge in [-0.15, -0.1) is 0 Å². The Hall–Kier alpha value is -1.93. The number of benzene rings is 1. The average Bonchev–Trinajstić information content (AvgIpc) is 2.67. The van der Waals surface area contributed by atoms with Crippen molar-refractivity contribution in [2.45, 2.75) is 69.9 Å². The Balaban J connectivity index is 1.88. The first-order chi connectivity index (χ1) is 13.2. The lowest BCUT2D eigenvalue weighted by Gasteiger charge is -2.29. The summed E-state index contributed by atoms with van der Waals surface area (Å²) in [5.41, 5.74) is 0.196. The number of hydrogen-bond donors (Lipinski definition) is 2. The van der Waals surface area contributed by atoms with E-state index in [9.17, 15) is 18.0 Å². The van der Waals surface area contributed by atoms with E-state index in [0.717, 1.165) is 19.3 Å². The fourth-order valence-electron chi connectivity index (χ4n) is 3.18. The third kappa shape index (κ3) is 6.31. The van der Waals surface area contributed by atoms with E-state index in [2.05, 4.69) is 17.0 Å². The monoisotopic (exact) mass is 410 g/mol. The number of carbonyl (C=O) groups is 2. The number of ether oxygens (including phenoxy) is 1. The Morgan fingerprint density at radius 2 is 1.82 bits per heavy atom. The maximum Gasteiger partial charge on any atom is 0.338 e. The van der Waals surface area contributed by atoms with E-state index in [1.807, 2.05) is 6.92 Å². The molecule has 1 fully saturated rings. The highest BCUT2D eigenvalue weighted by molar-refractivity contribution is 7.89. The molecule has 3 unspecified atom stereocenters. The van der Waals surface area contributed by atoms with Gasteiger partial charge in [0, 0.05) is 12.1 Å². The summed E-state index contributed by atoms with van der Waals surface area (Å²) in [6, 6.07) is 5.42. The minimum atomic E-state index is -3.63. The summed E-state index contributed by atoms with van der Waals surface area (Å²) in [5, 5.41) is 2.92. The van der Waals surface area contributed by atoms with Gasteiger partial charge in [0.15, 0.2) is 6.61 Å². The van der Waals surface area contributed by atoms with Crippen molar-refractivity contribution in [2.24, 2.45) is 5.92 Å². The van der Waals surface area contributed by atoms with E-state index in [-0.39, 0.29) is 35.1 Å². The lowest BCUT2D eigenvalue weighted by molar-refractivity contribution is -0.125. The first kappa shape index (κ1) is 22.4. The van der Waals surface area contributed by atoms with Crippen molar-refractivity contribution in [3.05, 3.63) is 29.8 Å². The minimum absolute atomic E-state index is 0.0772. The molecule has 2 rings (SSSR count). The summed E-state index contributed by atoms with van der Waals surface area (Å²) in [6.07, 6.45) is 4.98. The van der Waals surface area contributed by atoms with Crippen LogP contribution in [0, 0.1) is 5.92 Å². The molecule has 1 saturated carbocycles. The topological polar surface area (TPSA) is 102 Å². The summed E-state index contributed by atoms with van der Waals surface area (Å²) in [4.78, 5) is 24.2. The smallest absolute Gasteiger partial charge is 0.338 e. The highest BCUT2D eigenvalue weighted by Gasteiger charge is 2.23. The second-order valence-corrected chi connectivity index (χ2v) is 9.18. The Morgan fingerprint density at radius 3 is 2.43 bits per heavy atom. The third-order valence-corrected chi connectivity index (χ3v) is 6.77. The molecule has 0 aliphatic heterocycles. The van der Waals surface area contributed by atoms with Crippen molar-refractivity contribution >= 4 is 21.9 Å². The van der Waals surface area contributed by atoms with Gasteiger partial charge in [0.1, 0.15) is 0 Å². The molecule has 0 saturated heterocycles. The third-order valence-electron chi connectivity index (χ3n) is 5.16. The predicted molar refractivity (Wildman–Crippen MR) is 106 cm³/mol. The van der Waals surface area contributed by atoms with E-state index in [1.165, 1.54) is 30.7 Å². The number of amides is 1. The van der Waals surface area contributed by atoms with Gasteiger partial charge in [-0.1, -0.05) is 26.7 Å². The summed E-state index contributed by atoms with van der Waals surface area (Å²) < 4.78 is 32.1. The van der Waals surface area contributed by atoms with E-state index in [0.29, 0.717) is 12.3 Å². The number of nitrogens with one attached hydrogen (secondary N) is 2. The van der Waals surface area contributed by atoms with Gasteiger partial charge in [0.05, 0.1) is 10.5 Å². The van der Waals surface area contributed by atoms with Crippen LogP contribution in [0.25, 0.3) is 0 Å². The molecular weight excluding hydrogens is 380 g/mol. The number of carbonyl (C=O) groups excluding carboxylic acids is 2. The van der Waals surface area contributed by atoms with Gasteiger partial charge in [-0.05, 0) is 56.4 Å². The highest BCUT2D eigenvalue weighted by atomic mass is 32.2. The van der Waals surface area contributed by atoms with Crippen LogP contribution < -0.4 is 10.0 Å². The minimum Gasteiger partial charge on any atom is -0.452 e. The standard InChI is InChI=1S/C20H30N2O5S/c1-4-15(3)22-28(25,26)17-11-9-16(10-12-17)20(24)27-13-19(23)21-18-8-6-5-7-14(18)2/h9-12,14-15,18,22H,4-8,13H2,1-3H3,(H,21,23). The summed E-state index contributed by atoms with van der Waals surface area (Å²) in [5.74, 6) is -0.554. The van der Waals surface area contributed by atoms with Crippen molar-refractivity contribution < 1.29 is 22.7 Å². The van der Waals surface area contributed by atoms with E-state index in [4.69, 9.17) is 4.74 Å². The molecule has 1 aliphatic rings. The van der Waals surface area contributed by atoms with Crippen molar-refractivity contribution in [1.29, 1.82) is 0 Å². The summed E-state index contributed by atoms with van der Waals surface area (Å²) in [6.45, 7) is 5.43. The lowest BCUT2D eigenvalue weighted by atomic mass is 9.86.